The zero-order chi connectivity index (χ0) is 20.9. The minimum Gasteiger partial charge on any atom is -0.489 e. The van der Waals surface area contributed by atoms with Crippen LogP contribution in [0.25, 0.3) is 0 Å². The first-order chi connectivity index (χ1) is 14.6. The number of carbonyl (C=O) groups is 1. The smallest absolute Gasteiger partial charge is 0.266 e. The summed E-state index contributed by atoms with van der Waals surface area (Å²) in [6.07, 6.45) is 1.87. The van der Waals surface area contributed by atoms with Crippen LogP contribution in [0.5, 0.6) is 5.75 Å². The van der Waals surface area contributed by atoms with Crippen molar-refractivity contribution in [3.05, 3.63) is 99.4 Å². The van der Waals surface area contributed by atoms with Gasteiger partial charge in [0.15, 0.2) is 5.82 Å². The second kappa shape index (κ2) is 8.97. The molecule has 0 aliphatic heterocycles. The summed E-state index contributed by atoms with van der Waals surface area (Å²) >= 11 is 1.40. The molecule has 30 heavy (non-hydrogen) atoms. The first kappa shape index (κ1) is 19.9. The Bertz CT molecular complexity index is 1160. The summed E-state index contributed by atoms with van der Waals surface area (Å²) in [5.74, 6) is 1.23. The van der Waals surface area contributed by atoms with Crippen molar-refractivity contribution in [3.63, 3.8) is 0 Å². The van der Waals surface area contributed by atoms with E-state index in [0.29, 0.717) is 23.8 Å². The molecule has 152 valence electrons. The molecule has 0 saturated heterocycles. The molecule has 0 aliphatic rings. The maximum atomic E-state index is 12.6. The molecule has 0 aliphatic carbocycles. The van der Waals surface area contributed by atoms with Crippen LogP contribution in [0.15, 0.2) is 72.2 Å². The molecule has 0 saturated carbocycles. The maximum Gasteiger partial charge on any atom is 0.266 e. The maximum absolute atomic E-state index is 12.6. The SMILES string of the molecule is Cc1ccccc1Cn1ccc(NC(=O)c2cc(COc3ccccc3C)cs2)n1. The van der Waals surface area contributed by atoms with Gasteiger partial charge in [-0.2, -0.15) is 5.10 Å². The fourth-order valence-corrected chi connectivity index (χ4v) is 3.90. The number of thiophene rings is 1. The van der Waals surface area contributed by atoms with Gasteiger partial charge < -0.3 is 10.1 Å². The summed E-state index contributed by atoms with van der Waals surface area (Å²) in [5, 5.41) is 9.29. The highest BCUT2D eigenvalue weighted by molar-refractivity contribution is 7.12. The minimum absolute atomic E-state index is 0.164. The number of benzene rings is 2. The number of nitrogens with zero attached hydrogens (tertiary/aromatic N) is 2. The van der Waals surface area contributed by atoms with E-state index in [1.54, 1.807) is 0 Å². The average molecular weight is 418 g/mol. The van der Waals surface area contributed by atoms with Crippen LogP contribution in [-0.4, -0.2) is 15.7 Å². The zero-order valence-electron chi connectivity index (χ0n) is 17.0. The van der Waals surface area contributed by atoms with Gasteiger partial charge in [-0.1, -0.05) is 42.5 Å². The lowest BCUT2D eigenvalue weighted by atomic mass is 10.1. The van der Waals surface area contributed by atoms with Gasteiger partial charge in [0.1, 0.15) is 12.4 Å². The monoisotopic (exact) mass is 417 g/mol. The van der Waals surface area contributed by atoms with Crippen molar-refractivity contribution < 1.29 is 9.53 Å². The second-order valence-electron chi connectivity index (χ2n) is 7.15. The largest absolute Gasteiger partial charge is 0.489 e. The molecule has 5 nitrogen and oxygen atoms in total. The molecule has 0 unspecified atom stereocenters. The van der Waals surface area contributed by atoms with Crippen LogP contribution in [0.4, 0.5) is 5.82 Å². The van der Waals surface area contributed by atoms with Crippen LogP contribution in [0.2, 0.25) is 0 Å². The third-order valence-electron chi connectivity index (χ3n) is 4.84. The molecule has 1 amide bonds. The highest BCUT2D eigenvalue weighted by Crippen LogP contribution is 2.21. The lowest BCUT2D eigenvalue weighted by molar-refractivity contribution is 0.103. The molecule has 0 fully saturated rings. The number of hydrogen-bond donors (Lipinski definition) is 1. The fourth-order valence-electron chi connectivity index (χ4n) is 3.11. The van der Waals surface area contributed by atoms with E-state index in [9.17, 15) is 4.79 Å². The summed E-state index contributed by atoms with van der Waals surface area (Å²) < 4.78 is 7.69. The van der Waals surface area contributed by atoms with Gasteiger partial charge in [0.2, 0.25) is 0 Å². The lowest BCUT2D eigenvalue weighted by Crippen LogP contribution is -2.11. The van der Waals surface area contributed by atoms with E-state index in [2.05, 4.69) is 29.5 Å². The van der Waals surface area contributed by atoms with Crippen LogP contribution in [0.3, 0.4) is 0 Å². The lowest BCUT2D eigenvalue weighted by Gasteiger charge is -2.07. The van der Waals surface area contributed by atoms with E-state index in [-0.39, 0.29) is 5.91 Å². The molecule has 4 rings (SSSR count). The van der Waals surface area contributed by atoms with E-state index in [0.717, 1.165) is 16.9 Å². The molecule has 0 radical (unpaired) electrons. The predicted octanol–water partition coefficient (Wildman–Crippen LogP) is 5.44. The van der Waals surface area contributed by atoms with Crippen molar-refractivity contribution >= 4 is 23.1 Å². The predicted molar refractivity (Wildman–Crippen MR) is 120 cm³/mol. The summed E-state index contributed by atoms with van der Waals surface area (Å²) in [6.45, 7) is 5.19. The highest BCUT2D eigenvalue weighted by atomic mass is 32.1. The summed E-state index contributed by atoms with van der Waals surface area (Å²) in [5.41, 5.74) is 4.48. The molecular formula is C24H23N3O2S. The molecule has 2 aromatic heterocycles. The highest BCUT2D eigenvalue weighted by Gasteiger charge is 2.12. The van der Waals surface area contributed by atoms with Gasteiger partial charge in [0, 0.05) is 17.8 Å². The van der Waals surface area contributed by atoms with E-state index in [4.69, 9.17) is 4.74 Å². The van der Waals surface area contributed by atoms with Gasteiger partial charge in [0.25, 0.3) is 5.91 Å². The van der Waals surface area contributed by atoms with E-state index in [1.165, 1.54) is 22.5 Å². The van der Waals surface area contributed by atoms with Gasteiger partial charge in [0.05, 0.1) is 11.4 Å². The van der Waals surface area contributed by atoms with E-state index >= 15 is 0 Å². The van der Waals surface area contributed by atoms with Gasteiger partial charge >= 0.3 is 0 Å². The Morgan fingerprint density at radius 2 is 1.83 bits per heavy atom. The number of para-hydroxylation sites is 1. The second-order valence-corrected chi connectivity index (χ2v) is 8.06. The van der Waals surface area contributed by atoms with Crippen molar-refractivity contribution in [3.8, 4) is 5.75 Å². The third kappa shape index (κ3) is 4.78. The van der Waals surface area contributed by atoms with Crippen LogP contribution in [-0.2, 0) is 13.2 Å². The van der Waals surface area contributed by atoms with E-state index < -0.39 is 0 Å². The number of rotatable bonds is 7. The number of carbonyl (C=O) groups excluding carboxylic acids is 1. The van der Waals surface area contributed by atoms with Gasteiger partial charge in [-0.15, -0.1) is 11.3 Å². The number of anilines is 1. The molecule has 2 aromatic carbocycles. The van der Waals surface area contributed by atoms with Gasteiger partial charge in [-0.3, -0.25) is 9.48 Å². The molecule has 2 heterocycles. The summed E-state index contributed by atoms with van der Waals surface area (Å²) in [7, 11) is 0. The molecule has 0 spiro atoms. The van der Waals surface area contributed by atoms with Crippen LogP contribution in [0, 0.1) is 13.8 Å². The van der Waals surface area contributed by atoms with Crippen LogP contribution >= 0.6 is 11.3 Å². The summed E-state index contributed by atoms with van der Waals surface area (Å²) in [6, 6.07) is 19.8. The third-order valence-corrected chi connectivity index (χ3v) is 5.82. The van der Waals surface area contributed by atoms with Crippen molar-refractivity contribution in [2.75, 3.05) is 5.32 Å². The van der Waals surface area contributed by atoms with Crippen molar-refractivity contribution in [1.29, 1.82) is 0 Å². The van der Waals surface area contributed by atoms with Crippen LogP contribution < -0.4 is 10.1 Å². The Morgan fingerprint density at radius 1 is 1.07 bits per heavy atom. The fraction of sp³-hybridized carbons (Fsp3) is 0.167. The minimum atomic E-state index is -0.164. The molecular weight excluding hydrogens is 394 g/mol. The molecule has 6 heteroatoms. The quantitative estimate of drug-likeness (QED) is 0.436. The zero-order valence-corrected chi connectivity index (χ0v) is 17.8. The van der Waals surface area contributed by atoms with Gasteiger partial charge in [-0.05, 0) is 48.1 Å². The number of hydrogen-bond acceptors (Lipinski definition) is 4. The molecule has 0 atom stereocenters. The standard InChI is InChI=1S/C24H23N3O2S/c1-17-7-3-5-9-20(17)14-27-12-11-23(26-27)25-24(28)22-13-19(16-30-22)15-29-21-10-6-4-8-18(21)2/h3-13,16H,14-15H2,1-2H3,(H,25,26,28). The number of aryl methyl sites for hydroxylation is 2. The number of ether oxygens (including phenoxy) is 1. The van der Waals surface area contributed by atoms with Crippen molar-refractivity contribution in [2.45, 2.75) is 27.0 Å². The Hall–Kier alpha value is -3.38. The van der Waals surface area contributed by atoms with Gasteiger partial charge in [-0.25, -0.2) is 0 Å². The number of nitrogens with one attached hydrogen (secondary N) is 1. The van der Waals surface area contributed by atoms with Crippen molar-refractivity contribution in [1.82, 2.24) is 9.78 Å². The van der Waals surface area contributed by atoms with E-state index in [1.807, 2.05) is 71.7 Å². The van der Waals surface area contributed by atoms with Crippen molar-refractivity contribution in [2.24, 2.45) is 0 Å². The Kier molecular flexibility index (Phi) is 5.95. The number of amides is 1. The Morgan fingerprint density at radius 3 is 2.63 bits per heavy atom. The Labute approximate surface area is 179 Å². The number of aromatic nitrogens is 2. The Balaban J connectivity index is 1.35. The first-order valence-corrected chi connectivity index (χ1v) is 10.6. The molecule has 0 bridgehead atoms. The topological polar surface area (TPSA) is 56.2 Å². The van der Waals surface area contributed by atoms with Crippen LogP contribution in [0.1, 0.15) is 31.9 Å². The first-order valence-electron chi connectivity index (χ1n) is 9.73. The normalized spacial score (nSPS) is 10.7. The average Bonchev–Trinajstić information content (AvgIpc) is 3.39. The molecule has 4 aromatic rings. The molecule has 1 N–H and O–H groups in total. The summed E-state index contributed by atoms with van der Waals surface area (Å²) in [4.78, 5) is 13.2.